The van der Waals surface area contributed by atoms with Crippen molar-refractivity contribution < 1.29 is 24.2 Å². The van der Waals surface area contributed by atoms with Crippen LogP contribution in [0.4, 0.5) is 10.5 Å². The van der Waals surface area contributed by atoms with Gasteiger partial charge in [0.2, 0.25) is 5.91 Å². The molecular formula is C29H38ClN3O5. The van der Waals surface area contributed by atoms with Gasteiger partial charge in [-0.05, 0) is 76.6 Å². The number of amides is 3. The molecule has 4 atom stereocenters. The number of nitrogens with one attached hydrogen (secondary N) is 2. The maximum atomic E-state index is 14.0. The molecule has 0 saturated heterocycles. The number of rotatable bonds is 8. The molecule has 206 valence electrons. The third-order valence-corrected chi connectivity index (χ3v) is 6.88. The van der Waals surface area contributed by atoms with E-state index < -0.39 is 42.2 Å². The number of hydrogen-bond acceptors (Lipinski definition) is 5. The van der Waals surface area contributed by atoms with E-state index in [1.54, 1.807) is 32.9 Å². The Labute approximate surface area is 229 Å². The first-order valence-corrected chi connectivity index (χ1v) is 13.2. The van der Waals surface area contributed by atoms with Crippen molar-refractivity contribution in [3.05, 3.63) is 63.7 Å². The van der Waals surface area contributed by atoms with Crippen LogP contribution in [0.3, 0.4) is 0 Å². The molecule has 3 rings (SSSR count). The summed E-state index contributed by atoms with van der Waals surface area (Å²) >= 11 is 6.41. The molecule has 1 aliphatic carbocycles. The van der Waals surface area contributed by atoms with Crippen molar-refractivity contribution >= 4 is 35.2 Å². The molecule has 1 saturated carbocycles. The highest BCUT2D eigenvalue weighted by atomic mass is 35.5. The first-order chi connectivity index (χ1) is 17.7. The average Bonchev–Trinajstić information content (AvgIpc) is 3.53. The van der Waals surface area contributed by atoms with Gasteiger partial charge in [0.15, 0.2) is 0 Å². The van der Waals surface area contributed by atoms with Crippen LogP contribution in [0.25, 0.3) is 0 Å². The van der Waals surface area contributed by atoms with Crippen LogP contribution in [-0.4, -0.2) is 52.2 Å². The summed E-state index contributed by atoms with van der Waals surface area (Å²) in [5, 5.41) is 15.9. The highest BCUT2D eigenvalue weighted by Crippen LogP contribution is 2.42. The molecule has 0 aliphatic heterocycles. The Morgan fingerprint density at radius 3 is 2.32 bits per heavy atom. The van der Waals surface area contributed by atoms with Gasteiger partial charge in [0.25, 0.3) is 5.91 Å². The largest absolute Gasteiger partial charge is 0.444 e. The van der Waals surface area contributed by atoms with Gasteiger partial charge in [-0.25, -0.2) is 4.79 Å². The lowest BCUT2D eigenvalue weighted by Gasteiger charge is -2.35. The van der Waals surface area contributed by atoms with Crippen molar-refractivity contribution in [1.29, 1.82) is 0 Å². The van der Waals surface area contributed by atoms with Crippen LogP contribution in [0, 0.1) is 26.7 Å². The molecule has 0 spiro atoms. The van der Waals surface area contributed by atoms with Crippen molar-refractivity contribution in [1.82, 2.24) is 10.2 Å². The third-order valence-electron chi connectivity index (χ3n) is 6.57. The Hall–Kier alpha value is -3.10. The Kier molecular flexibility index (Phi) is 9.10. The smallest absolute Gasteiger partial charge is 0.408 e. The van der Waals surface area contributed by atoms with E-state index in [9.17, 15) is 19.5 Å². The molecule has 2 aromatic rings. The molecule has 1 fully saturated rings. The lowest BCUT2D eigenvalue weighted by Crippen LogP contribution is -2.54. The summed E-state index contributed by atoms with van der Waals surface area (Å²) in [4.78, 5) is 42.0. The topological polar surface area (TPSA) is 108 Å². The normalized spacial score (nSPS) is 18.2. The monoisotopic (exact) mass is 543 g/mol. The lowest BCUT2D eigenvalue weighted by atomic mass is 9.96. The molecule has 38 heavy (non-hydrogen) atoms. The number of alkyl carbamates (subject to hydrolysis) is 1. The zero-order chi connectivity index (χ0) is 28.4. The fourth-order valence-corrected chi connectivity index (χ4v) is 4.79. The number of aryl methyl sites for hydroxylation is 3. The minimum atomic E-state index is -1.29. The van der Waals surface area contributed by atoms with E-state index in [-0.39, 0.29) is 12.0 Å². The van der Waals surface area contributed by atoms with E-state index >= 15 is 0 Å². The number of anilines is 1. The predicted molar refractivity (Wildman–Crippen MR) is 148 cm³/mol. The van der Waals surface area contributed by atoms with E-state index in [1.807, 2.05) is 52.0 Å². The van der Waals surface area contributed by atoms with Gasteiger partial charge < -0.3 is 25.4 Å². The standard InChI is InChI=1S/C29H38ClN3O5/c1-16-11-12-20(18(3)13-16)25(26(35)32-24-17(2)9-8-10-21(24)30)33(23-14-19(23)4)27(36)22(15-34)31-28(37)38-29(5,6)7/h8-13,19,22-23,25,34H,14-15H2,1-7H3,(H,31,37)(H,32,35). The van der Waals surface area contributed by atoms with Crippen molar-refractivity contribution in [2.75, 3.05) is 11.9 Å². The maximum absolute atomic E-state index is 14.0. The van der Waals surface area contributed by atoms with E-state index in [4.69, 9.17) is 16.3 Å². The van der Waals surface area contributed by atoms with Gasteiger partial charge in [0.05, 0.1) is 17.3 Å². The summed E-state index contributed by atoms with van der Waals surface area (Å²) in [5.74, 6) is -0.860. The molecular weight excluding hydrogens is 506 g/mol. The number of aliphatic hydroxyl groups is 1. The SMILES string of the molecule is Cc1ccc(C(C(=O)Nc2c(C)cccc2Cl)N(C(=O)C(CO)NC(=O)OC(C)(C)C)C2CC2C)c(C)c1. The average molecular weight is 544 g/mol. The van der Waals surface area contributed by atoms with Gasteiger partial charge in [-0.2, -0.15) is 0 Å². The summed E-state index contributed by atoms with van der Waals surface area (Å²) in [7, 11) is 0. The minimum Gasteiger partial charge on any atom is -0.444 e. The quantitative estimate of drug-likeness (QED) is 0.431. The second-order valence-electron chi connectivity index (χ2n) is 11.1. The van der Waals surface area contributed by atoms with Crippen molar-refractivity contribution in [2.45, 2.75) is 78.6 Å². The second-order valence-corrected chi connectivity index (χ2v) is 11.5. The van der Waals surface area contributed by atoms with Crippen LogP contribution in [0.5, 0.6) is 0 Å². The summed E-state index contributed by atoms with van der Waals surface area (Å²) in [6.45, 7) is 12.2. The van der Waals surface area contributed by atoms with E-state index in [0.717, 1.165) is 16.7 Å². The van der Waals surface area contributed by atoms with Crippen LogP contribution >= 0.6 is 11.6 Å². The van der Waals surface area contributed by atoms with Gasteiger partial charge in [0.1, 0.15) is 17.7 Å². The van der Waals surface area contributed by atoms with Gasteiger partial charge in [-0.1, -0.05) is 54.4 Å². The minimum absolute atomic E-state index is 0.142. The molecule has 4 unspecified atom stereocenters. The number of benzene rings is 2. The fraction of sp³-hybridized carbons (Fsp3) is 0.483. The molecule has 0 heterocycles. The van der Waals surface area contributed by atoms with Crippen LogP contribution < -0.4 is 10.6 Å². The van der Waals surface area contributed by atoms with Crippen LogP contribution in [-0.2, 0) is 14.3 Å². The summed E-state index contributed by atoms with van der Waals surface area (Å²) in [5.41, 5.74) is 2.97. The predicted octanol–water partition coefficient (Wildman–Crippen LogP) is 5.07. The van der Waals surface area contributed by atoms with Gasteiger partial charge in [-0.15, -0.1) is 0 Å². The number of carbonyl (C=O) groups excluding carboxylic acids is 3. The Balaban J connectivity index is 2.05. The van der Waals surface area contributed by atoms with Gasteiger partial charge in [0, 0.05) is 6.04 Å². The zero-order valence-electron chi connectivity index (χ0n) is 23.1. The number of nitrogens with zero attached hydrogens (tertiary/aromatic N) is 1. The molecule has 9 heteroatoms. The molecule has 1 aliphatic rings. The Morgan fingerprint density at radius 2 is 1.79 bits per heavy atom. The number of hydrogen-bond donors (Lipinski definition) is 3. The van der Waals surface area contributed by atoms with Gasteiger partial charge in [-0.3, -0.25) is 9.59 Å². The Morgan fingerprint density at radius 1 is 1.13 bits per heavy atom. The molecule has 0 radical (unpaired) electrons. The molecule has 8 nitrogen and oxygen atoms in total. The van der Waals surface area contributed by atoms with Crippen molar-refractivity contribution in [3.63, 3.8) is 0 Å². The molecule has 0 aromatic heterocycles. The van der Waals surface area contributed by atoms with Crippen LogP contribution in [0.2, 0.25) is 5.02 Å². The lowest BCUT2D eigenvalue weighted by molar-refractivity contribution is -0.142. The van der Waals surface area contributed by atoms with Crippen LogP contribution in [0.1, 0.15) is 62.4 Å². The zero-order valence-corrected chi connectivity index (χ0v) is 23.8. The van der Waals surface area contributed by atoms with Crippen molar-refractivity contribution in [3.8, 4) is 0 Å². The highest BCUT2D eigenvalue weighted by Gasteiger charge is 2.48. The molecule has 2 aromatic carbocycles. The van der Waals surface area contributed by atoms with Crippen molar-refractivity contribution in [2.24, 2.45) is 5.92 Å². The third kappa shape index (κ3) is 7.05. The van der Waals surface area contributed by atoms with Crippen LogP contribution in [0.15, 0.2) is 36.4 Å². The molecule has 3 amide bonds. The summed E-state index contributed by atoms with van der Waals surface area (Å²) in [6.07, 6.45) is -0.135. The number of carbonyl (C=O) groups is 3. The summed E-state index contributed by atoms with van der Waals surface area (Å²) in [6, 6.07) is 8.45. The van der Waals surface area contributed by atoms with E-state index in [1.165, 1.54) is 4.90 Å². The van der Waals surface area contributed by atoms with E-state index in [2.05, 4.69) is 10.6 Å². The Bertz CT molecular complexity index is 1190. The van der Waals surface area contributed by atoms with E-state index in [0.29, 0.717) is 22.7 Å². The maximum Gasteiger partial charge on any atom is 0.408 e. The highest BCUT2D eigenvalue weighted by molar-refractivity contribution is 6.34. The number of halogens is 1. The van der Waals surface area contributed by atoms with Gasteiger partial charge >= 0.3 is 6.09 Å². The summed E-state index contributed by atoms with van der Waals surface area (Å²) < 4.78 is 5.30. The number of aliphatic hydroxyl groups excluding tert-OH is 1. The molecule has 3 N–H and O–H groups in total. The first-order valence-electron chi connectivity index (χ1n) is 12.8. The molecule has 0 bridgehead atoms. The fourth-order valence-electron chi connectivity index (χ4n) is 4.52. The number of ether oxygens (including phenoxy) is 1. The number of para-hydroxylation sites is 1. The second kappa shape index (κ2) is 11.7. The first kappa shape index (κ1) is 29.5.